The smallest absolute Gasteiger partial charge is 0.268 e. The lowest BCUT2D eigenvalue weighted by Gasteiger charge is -2.15. The van der Waals surface area contributed by atoms with Crippen molar-refractivity contribution in [2.24, 2.45) is 13.0 Å². The molecule has 0 radical (unpaired) electrons. The number of aryl methyl sites for hydroxylation is 1. The molecule has 1 rings (SSSR count). The minimum Gasteiger partial charge on any atom is -0.397 e. The van der Waals surface area contributed by atoms with E-state index in [1.54, 1.807) is 30.8 Å². The number of nitrogens with one attached hydrogen (secondary N) is 2. The number of aromatic nitrogens is 1. The number of nitrogens with two attached hydrogens (primary N) is 1. The third kappa shape index (κ3) is 4.31. The number of carbonyl (C=O) groups is 2. The van der Waals surface area contributed by atoms with Crippen LogP contribution in [-0.2, 0) is 11.8 Å². The van der Waals surface area contributed by atoms with Crippen molar-refractivity contribution in [1.29, 1.82) is 0 Å². The summed E-state index contributed by atoms with van der Waals surface area (Å²) in [4.78, 5) is 23.7. The number of hydrogen-bond acceptors (Lipinski definition) is 3. The highest BCUT2D eigenvalue weighted by atomic mass is 16.2. The van der Waals surface area contributed by atoms with Crippen molar-refractivity contribution < 1.29 is 9.59 Å². The van der Waals surface area contributed by atoms with Gasteiger partial charge in [0.2, 0.25) is 5.91 Å². The number of carbonyl (C=O) groups excluding carboxylic acids is 2. The first-order valence-corrected chi connectivity index (χ1v) is 6.31. The number of rotatable bonds is 5. The van der Waals surface area contributed by atoms with Crippen LogP contribution >= 0.6 is 0 Å². The number of nitrogens with zero attached hydrogens (tertiary/aromatic N) is 1. The van der Waals surface area contributed by atoms with Crippen molar-refractivity contribution in [2.45, 2.75) is 26.8 Å². The van der Waals surface area contributed by atoms with Gasteiger partial charge in [-0.1, -0.05) is 13.8 Å². The predicted octanol–water partition coefficient (Wildman–Crippen LogP) is 0.498. The van der Waals surface area contributed by atoms with Crippen molar-refractivity contribution >= 4 is 17.5 Å². The van der Waals surface area contributed by atoms with Crippen LogP contribution in [0.4, 0.5) is 5.69 Å². The van der Waals surface area contributed by atoms with Crippen LogP contribution in [0.5, 0.6) is 0 Å². The average Bonchev–Trinajstić information content (AvgIpc) is 2.65. The third-order valence-corrected chi connectivity index (χ3v) is 2.68. The van der Waals surface area contributed by atoms with E-state index in [1.165, 1.54) is 0 Å². The van der Waals surface area contributed by atoms with E-state index < -0.39 is 6.04 Å². The molecule has 0 aliphatic rings. The molecule has 1 aromatic heterocycles. The van der Waals surface area contributed by atoms with Crippen LogP contribution in [0.25, 0.3) is 0 Å². The van der Waals surface area contributed by atoms with E-state index in [0.29, 0.717) is 23.8 Å². The number of nitrogen functional groups attached to an aromatic ring is 1. The SMILES string of the molecule is CC(C)CNC(=O)C(C)NC(=O)c1cc(N)cn1C. The zero-order chi connectivity index (χ0) is 14.6. The Balaban J connectivity index is 2.57. The summed E-state index contributed by atoms with van der Waals surface area (Å²) in [5, 5.41) is 5.42. The fourth-order valence-electron chi connectivity index (χ4n) is 1.61. The molecule has 0 aliphatic heterocycles. The molecule has 1 atom stereocenters. The van der Waals surface area contributed by atoms with Gasteiger partial charge in [-0.2, -0.15) is 0 Å². The Morgan fingerprint density at radius 1 is 1.37 bits per heavy atom. The molecule has 0 saturated heterocycles. The lowest BCUT2D eigenvalue weighted by molar-refractivity contribution is -0.122. The fraction of sp³-hybridized carbons (Fsp3) is 0.538. The summed E-state index contributed by atoms with van der Waals surface area (Å²) < 4.78 is 1.63. The number of amides is 2. The van der Waals surface area contributed by atoms with Crippen molar-refractivity contribution in [3.8, 4) is 0 Å². The molecular weight excluding hydrogens is 244 g/mol. The minimum absolute atomic E-state index is 0.191. The van der Waals surface area contributed by atoms with Crippen molar-refractivity contribution in [3.05, 3.63) is 18.0 Å². The van der Waals surface area contributed by atoms with Crippen LogP contribution in [-0.4, -0.2) is 29.0 Å². The van der Waals surface area contributed by atoms with Gasteiger partial charge in [0.05, 0.1) is 5.69 Å². The third-order valence-electron chi connectivity index (χ3n) is 2.68. The van der Waals surface area contributed by atoms with Crippen molar-refractivity contribution in [3.63, 3.8) is 0 Å². The van der Waals surface area contributed by atoms with Gasteiger partial charge in [0.1, 0.15) is 11.7 Å². The molecule has 106 valence electrons. The molecule has 19 heavy (non-hydrogen) atoms. The topological polar surface area (TPSA) is 89.2 Å². The molecule has 6 nitrogen and oxygen atoms in total. The van der Waals surface area contributed by atoms with Gasteiger partial charge in [-0.15, -0.1) is 0 Å². The highest BCUT2D eigenvalue weighted by Gasteiger charge is 2.18. The van der Waals surface area contributed by atoms with E-state index in [2.05, 4.69) is 10.6 Å². The zero-order valence-electron chi connectivity index (χ0n) is 11.9. The molecule has 1 heterocycles. The molecule has 0 aromatic carbocycles. The Labute approximate surface area is 113 Å². The quantitative estimate of drug-likeness (QED) is 0.725. The maximum Gasteiger partial charge on any atom is 0.268 e. The summed E-state index contributed by atoms with van der Waals surface area (Å²) in [6.45, 7) is 6.27. The Bertz CT molecular complexity index is 465. The summed E-state index contributed by atoms with van der Waals surface area (Å²) in [7, 11) is 1.73. The first-order chi connectivity index (χ1) is 8.81. The molecule has 6 heteroatoms. The average molecular weight is 266 g/mol. The van der Waals surface area contributed by atoms with Crippen LogP contribution in [0.3, 0.4) is 0 Å². The Morgan fingerprint density at radius 2 is 2.00 bits per heavy atom. The zero-order valence-corrected chi connectivity index (χ0v) is 11.9. The van der Waals surface area contributed by atoms with E-state index in [-0.39, 0.29) is 11.8 Å². The summed E-state index contributed by atoms with van der Waals surface area (Å²) in [6, 6.07) is 0.996. The molecule has 1 unspecified atom stereocenters. The highest BCUT2D eigenvalue weighted by molar-refractivity contribution is 5.97. The first-order valence-electron chi connectivity index (χ1n) is 6.31. The molecule has 4 N–H and O–H groups in total. The second-order valence-electron chi connectivity index (χ2n) is 5.10. The summed E-state index contributed by atoms with van der Waals surface area (Å²) >= 11 is 0. The number of hydrogen-bond donors (Lipinski definition) is 3. The molecule has 2 amide bonds. The van der Waals surface area contributed by atoms with Gasteiger partial charge >= 0.3 is 0 Å². The molecule has 0 saturated carbocycles. The lowest BCUT2D eigenvalue weighted by Crippen LogP contribution is -2.46. The Kier molecular flexibility index (Phi) is 4.97. The van der Waals surface area contributed by atoms with E-state index in [4.69, 9.17) is 5.73 Å². The standard InChI is InChI=1S/C13H22N4O2/c1-8(2)6-15-12(18)9(3)16-13(19)11-5-10(14)7-17(11)4/h5,7-9H,6,14H2,1-4H3,(H,15,18)(H,16,19). The van der Waals surface area contributed by atoms with Crippen LogP contribution in [0.15, 0.2) is 12.3 Å². The van der Waals surface area contributed by atoms with Gasteiger partial charge in [-0.25, -0.2) is 0 Å². The predicted molar refractivity (Wildman–Crippen MR) is 74.6 cm³/mol. The largest absolute Gasteiger partial charge is 0.397 e. The number of anilines is 1. The van der Waals surface area contributed by atoms with Gasteiger partial charge < -0.3 is 20.9 Å². The Morgan fingerprint density at radius 3 is 2.47 bits per heavy atom. The van der Waals surface area contributed by atoms with E-state index in [0.717, 1.165) is 0 Å². The highest BCUT2D eigenvalue weighted by Crippen LogP contribution is 2.08. The fourth-order valence-corrected chi connectivity index (χ4v) is 1.61. The van der Waals surface area contributed by atoms with Crippen LogP contribution in [0.2, 0.25) is 0 Å². The molecule has 1 aromatic rings. The molecule has 0 bridgehead atoms. The van der Waals surface area contributed by atoms with Crippen molar-refractivity contribution in [1.82, 2.24) is 15.2 Å². The maximum atomic E-state index is 12.0. The van der Waals surface area contributed by atoms with Gasteiger partial charge in [-0.3, -0.25) is 9.59 Å². The summed E-state index contributed by atoms with van der Waals surface area (Å²) in [5.41, 5.74) is 6.56. The monoisotopic (exact) mass is 266 g/mol. The summed E-state index contributed by atoms with van der Waals surface area (Å²) in [6.07, 6.45) is 1.65. The van der Waals surface area contributed by atoms with Gasteiger partial charge in [-0.05, 0) is 18.9 Å². The molecule has 0 spiro atoms. The molecule has 0 fully saturated rings. The van der Waals surface area contributed by atoms with Gasteiger partial charge in [0.25, 0.3) is 5.91 Å². The van der Waals surface area contributed by atoms with Gasteiger partial charge in [0, 0.05) is 19.8 Å². The van der Waals surface area contributed by atoms with E-state index >= 15 is 0 Å². The molecular formula is C13H22N4O2. The second-order valence-corrected chi connectivity index (χ2v) is 5.10. The minimum atomic E-state index is -0.581. The van der Waals surface area contributed by atoms with Crippen LogP contribution < -0.4 is 16.4 Å². The Hall–Kier alpha value is -1.98. The summed E-state index contributed by atoms with van der Waals surface area (Å²) in [5.74, 6) is -0.129. The lowest BCUT2D eigenvalue weighted by atomic mass is 10.2. The first kappa shape index (κ1) is 15.1. The molecule has 0 aliphatic carbocycles. The van der Waals surface area contributed by atoms with Crippen LogP contribution in [0.1, 0.15) is 31.3 Å². The normalized spacial score (nSPS) is 12.3. The van der Waals surface area contributed by atoms with E-state index in [1.807, 2.05) is 13.8 Å². The second kappa shape index (κ2) is 6.26. The van der Waals surface area contributed by atoms with Gasteiger partial charge in [0.15, 0.2) is 0 Å². The maximum absolute atomic E-state index is 12.0. The van der Waals surface area contributed by atoms with Crippen LogP contribution in [0, 0.1) is 5.92 Å². The van der Waals surface area contributed by atoms with E-state index in [9.17, 15) is 9.59 Å². The van der Waals surface area contributed by atoms with Crippen molar-refractivity contribution in [2.75, 3.05) is 12.3 Å².